The number of imidazole rings is 1. The van der Waals surface area contributed by atoms with E-state index in [1.807, 2.05) is 48.7 Å². The lowest BCUT2D eigenvalue weighted by Gasteiger charge is -2.06. The van der Waals surface area contributed by atoms with E-state index in [1.165, 1.54) is 0 Å². The summed E-state index contributed by atoms with van der Waals surface area (Å²) in [5.74, 6) is 0.803. The Balaban J connectivity index is 2.32. The first-order valence-electron chi connectivity index (χ1n) is 6.46. The van der Waals surface area contributed by atoms with Crippen LogP contribution in [0.4, 0.5) is 0 Å². The van der Waals surface area contributed by atoms with Gasteiger partial charge in [-0.1, -0.05) is 24.3 Å². The monoisotopic (exact) mass is 262 g/mol. The first-order chi connectivity index (χ1) is 9.70. The van der Waals surface area contributed by atoms with Gasteiger partial charge in [-0.2, -0.15) is 5.26 Å². The third-order valence-corrected chi connectivity index (χ3v) is 3.34. The zero-order valence-corrected chi connectivity index (χ0v) is 11.5. The topological polar surface area (TPSA) is 54.5 Å². The van der Waals surface area contributed by atoms with E-state index in [0.717, 1.165) is 33.7 Å². The van der Waals surface area contributed by atoms with Crippen LogP contribution in [-0.2, 0) is 6.54 Å². The minimum absolute atomic E-state index is 0.246. The minimum atomic E-state index is 0.246. The van der Waals surface area contributed by atoms with Crippen molar-refractivity contribution in [3.63, 3.8) is 0 Å². The van der Waals surface area contributed by atoms with E-state index in [2.05, 4.69) is 16.0 Å². The van der Waals surface area contributed by atoms with E-state index in [9.17, 15) is 0 Å². The Morgan fingerprint density at radius 3 is 2.80 bits per heavy atom. The van der Waals surface area contributed by atoms with E-state index in [0.29, 0.717) is 0 Å². The Bertz CT molecular complexity index is 824. The average Bonchev–Trinajstić information content (AvgIpc) is 2.77. The van der Waals surface area contributed by atoms with Gasteiger partial charge in [0.1, 0.15) is 17.9 Å². The number of benzene rings is 1. The third kappa shape index (κ3) is 1.94. The smallest absolute Gasteiger partial charge is 0.161 e. The van der Waals surface area contributed by atoms with Crippen LogP contribution in [0.25, 0.3) is 22.6 Å². The van der Waals surface area contributed by atoms with E-state index < -0.39 is 0 Å². The molecular weight excluding hydrogens is 248 g/mol. The molecule has 2 heterocycles. The number of nitrogens with zero attached hydrogens (tertiary/aromatic N) is 4. The summed E-state index contributed by atoms with van der Waals surface area (Å²) in [7, 11) is 0. The van der Waals surface area contributed by atoms with Crippen molar-refractivity contribution in [2.24, 2.45) is 0 Å². The van der Waals surface area contributed by atoms with Crippen LogP contribution in [0.1, 0.15) is 11.1 Å². The van der Waals surface area contributed by atoms with Gasteiger partial charge < -0.3 is 0 Å². The summed E-state index contributed by atoms with van der Waals surface area (Å²) in [5.41, 5.74) is 4.83. The van der Waals surface area contributed by atoms with Crippen LogP contribution in [0.15, 0.2) is 36.5 Å². The van der Waals surface area contributed by atoms with E-state index >= 15 is 0 Å². The molecule has 0 atom stereocenters. The Labute approximate surface area is 117 Å². The molecule has 0 unspecified atom stereocenters. The second-order valence-electron chi connectivity index (χ2n) is 4.85. The zero-order chi connectivity index (χ0) is 14.1. The number of aryl methyl sites for hydroxylation is 2. The first kappa shape index (κ1) is 12.4. The second kappa shape index (κ2) is 4.78. The molecular formula is C16H14N4. The minimum Gasteiger partial charge on any atom is -0.295 e. The van der Waals surface area contributed by atoms with Gasteiger partial charge in [0.15, 0.2) is 5.65 Å². The van der Waals surface area contributed by atoms with Crippen LogP contribution < -0.4 is 0 Å². The van der Waals surface area contributed by atoms with Crippen LogP contribution in [0, 0.1) is 25.2 Å². The van der Waals surface area contributed by atoms with Crippen molar-refractivity contribution in [3.8, 4) is 17.5 Å². The SMILES string of the molecule is Cc1cnc2c(c1)nc(-c1ccccc1C)n2CC#N. The number of rotatable bonds is 2. The highest BCUT2D eigenvalue weighted by atomic mass is 15.1. The Morgan fingerprint density at radius 2 is 2.05 bits per heavy atom. The van der Waals surface area contributed by atoms with Crippen molar-refractivity contribution in [3.05, 3.63) is 47.7 Å². The molecule has 0 spiro atoms. The maximum Gasteiger partial charge on any atom is 0.161 e. The summed E-state index contributed by atoms with van der Waals surface area (Å²) in [6, 6.07) is 12.2. The molecule has 0 aliphatic carbocycles. The highest BCUT2D eigenvalue weighted by Gasteiger charge is 2.14. The van der Waals surface area contributed by atoms with Crippen molar-refractivity contribution in [2.45, 2.75) is 20.4 Å². The molecule has 2 aromatic heterocycles. The molecule has 0 aliphatic rings. The number of pyridine rings is 1. The molecule has 0 bridgehead atoms. The molecule has 3 aromatic rings. The molecule has 0 N–H and O–H groups in total. The van der Waals surface area contributed by atoms with Gasteiger partial charge in [-0.25, -0.2) is 9.97 Å². The van der Waals surface area contributed by atoms with Crippen molar-refractivity contribution < 1.29 is 0 Å². The maximum atomic E-state index is 9.07. The number of hydrogen-bond acceptors (Lipinski definition) is 3. The number of hydrogen-bond donors (Lipinski definition) is 0. The lowest BCUT2D eigenvalue weighted by atomic mass is 10.1. The normalized spacial score (nSPS) is 10.7. The van der Waals surface area contributed by atoms with Crippen LogP contribution in [0.5, 0.6) is 0 Å². The van der Waals surface area contributed by atoms with Gasteiger partial charge in [0.25, 0.3) is 0 Å². The second-order valence-corrected chi connectivity index (χ2v) is 4.85. The molecule has 98 valence electrons. The van der Waals surface area contributed by atoms with Gasteiger partial charge >= 0.3 is 0 Å². The Morgan fingerprint density at radius 1 is 1.25 bits per heavy atom. The molecule has 20 heavy (non-hydrogen) atoms. The van der Waals surface area contributed by atoms with Crippen LogP contribution in [0.2, 0.25) is 0 Å². The third-order valence-electron chi connectivity index (χ3n) is 3.34. The summed E-state index contributed by atoms with van der Waals surface area (Å²) in [6.07, 6.45) is 1.81. The Kier molecular flexibility index (Phi) is 2.96. The fourth-order valence-corrected chi connectivity index (χ4v) is 2.36. The van der Waals surface area contributed by atoms with E-state index in [-0.39, 0.29) is 6.54 Å². The fourth-order valence-electron chi connectivity index (χ4n) is 2.36. The van der Waals surface area contributed by atoms with Crippen molar-refractivity contribution in [1.82, 2.24) is 14.5 Å². The fraction of sp³-hybridized carbons (Fsp3) is 0.188. The highest BCUT2D eigenvalue weighted by Crippen LogP contribution is 2.26. The molecule has 0 amide bonds. The summed E-state index contributed by atoms with van der Waals surface area (Å²) in [5, 5.41) is 9.07. The number of fused-ring (bicyclic) bond motifs is 1. The van der Waals surface area contributed by atoms with Gasteiger partial charge in [-0.05, 0) is 31.0 Å². The van der Waals surface area contributed by atoms with Crippen LogP contribution in [-0.4, -0.2) is 14.5 Å². The lowest BCUT2D eigenvalue weighted by molar-refractivity contribution is 0.857. The van der Waals surface area contributed by atoms with Gasteiger partial charge in [0.05, 0.1) is 6.07 Å². The summed E-state index contributed by atoms with van der Waals surface area (Å²) < 4.78 is 1.87. The largest absolute Gasteiger partial charge is 0.295 e. The summed E-state index contributed by atoms with van der Waals surface area (Å²) >= 11 is 0. The molecule has 0 saturated carbocycles. The maximum absolute atomic E-state index is 9.07. The molecule has 1 aromatic carbocycles. The quantitative estimate of drug-likeness (QED) is 0.712. The molecule has 3 rings (SSSR count). The van der Waals surface area contributed by atoms with Gasteiger partial charge in [0.2, 0.25) is 0 Å². The van der Waals surface area contributed by atoms with Crippen molar-refractivity contribution >= 4 is 11.2 Å². The predicted octanol–water partition coefficient (Wildman–Crippen LogP) is 3.24. The van der Waals surface area contributed by atoms with Crippen molar-refractivity contribution in [2.75, 3.05) is 0 Å². The van der Waals surface area contributed by atoms with Gasteiger partial charge in [-0.3, -0.25) is 4.57 Å². The highest BCUT2D eigenvalue weighted by molar-refractivity contribution is 5.78. The lowest BCUT2D eigenvalue weighted by Crippen LogP contribution is -2.00. The molecule has 0 fully saturated rings. The zero-order valence-electron chi connectivity index (χ0n) is 11.5. The molecule has 0 saturated heterocycles. The predicted molar refractivity (Wildman–Crippen MR) is 78.1 cm³/mol. The summed E-state index contributed by atoms with van der Waals surface area (Å²) in [6.45, 7) is 4.28. The average molecular weight is 262 g/mol. The van der Waals surface area contributed by atoms with Crippen LogP contribution in [0.3, 0.4) is 0 Å². The van der Waals surface area contributed by atoms with E-state index in [4.69, 9.17) is 5.26 Å². The first-order valence-corrected chi connectivity index (χ1v) is 6.46. The van der Waals surface area contributed by atoms with E-state index in [1.54, 1.807) is 6.20 Å². The van der Waals surface area contributed by atoms with Gasteiger partial charge in [0, 0.05) is 11.8 Å². The van der Waals surface area contributed by atoms with Crippen molar-refractivity contribution in [1.29, 1.82) is 5.26 Å². The number of aromatic nitrogens is 3. The molecule has 0 aliphatic heterocycles. The molecule has 0 radical (unpaired) electrons. The molecule has 4 nitrogen and oxygen atoms in total. The standard InChI is InChI=1S/C16H14N4/c1-11-9-14-16(18-10-11)20(8-7-17)15(19-14)13-6-4-3-5-12(13)2/h3-6,9-10H,8H2,1-2H3. The molecule has 4 heteroatoms. The van der Waals surface area contributed by atoms with Gasteiger partial charge in [-0.15, -0.1) is 0 Å². The Hall–Kier alpha value is -2.67. The summed E-state index contributed by atoms with van der Waals surface area (Å²) in [4.78, 5) is 9.10. The van der Waals surface area contributed by atoms with Crippen LogP contribution >= 0.6 is 0 Å². The number of nitriles is 1.